The van der Waals surface area contributed by atoms with E-state index in [0.29, 0.717) is 11.9 Å². The van der Waals surface area contributed by atoms with E-state index in [9.17, 15) is 0 Å². The SMILES string of the molecule is CC(c1ccc2scnc2c1)N1CCc2nc(N)cn2CC1. The van der Waals surface area contributed by atoms with Gasteiger partial charge in [0.1, 0.15) is 11.6 Å². The molecule has 0 amide bonds. The molecule has 3 heterocycles. The topological polar surface area (TPSA) is 60.0 Å². The van der Waals surface area contributed by atoms with Gasteiger partial charge in [0, 0.05) is 38.3 Å². The summed E-state index contributed by atoms with van der Waals surface area (Å²) >= 11 is 1.69. The zero-order valence-electron chi connectivity index (χ0n) is 12.6. The maximum Gasteiger partial charge on any atom is 0.141 e. The van der Waals surface area contributed by atoms with E-state index >= 15 is 0 Å². The number of anilines is 1. The number of imidazole rings is 1. The van der Waals surface area contributed by atoms with Crippen LogP contribution in [0.3, 0.4) is 0 Å². The van der Waals surface area contributed by atoms with Gasteiger partial charge in [0.25, 0.3) is 0 Å². The molecule has 2 N–H and O–H groups in total. The Morgan fingerprint density at radius 2 is 2.18 bits per heavy atom. The minimum absolute atomic E-state index is 0.382. The molecule has 22 heavy (non-hydrogen) atoms. The predicted molar refractivity (Wildman–Crippen MR) is 90.0 cm³/mol. The van der Waals surface area contributed by atoms with Gasteiger partial charge in [0.15, 0.2) is 0 Å². The number of hydrogen-bond donors (Lipinski definition) is 1. The first-order chi connectivity index (χ1) is 10.7. The number of thiazole rings is 1. The van der Waals surface area contributed by atoms with E-state index in [4.69, 9.17) is 5.73 Å². The number of nitrogens with zero attached hydrogens (tertiary/aromatic N) is 4. The van der Waals surface area contributed by atoms with Gasteiger partial charge in [-0.1, -0.05) is 6.07 Å². The van der Waals surface area contributed by atoms with E-state index in [0.717, 1.165) is 37.4 Å². The third-order valence-corrected chi connectivity index (χ3v) is 5.32. The lowest BCUT2D eigenvalue weighted by Gasteiger charge is -2.27. The standard InChI is InChI=1S/C16H19N5S/c1-11(12-2-3-14-13(8-12)18-10-22-14)20-5-4-16-19-15(17)9-21(16)7-6-20/h2-3,8-11H,4-7,17H2,1H3. The maximum absolute atomic E-state index is 5.79. The van der Waals surface area contributed by atoms with E-state index in [1.165, 1.54) is 10.3 Å². The smallest absolute Gasteiger partial charge is 0.141 e. The van der Waals surface area contributed by atoms with Crippen molar-refractivity contribution in [2.45, 2.75) is 25.9 Å². The number of benzene rings is 1. The van der Waals surface area contributed by atoms with Crippen molar-refractivity contribution >= 4 is 27.4 Å². The Labute approximate surface area is 133 Å². The fourth-order valence-electron chi connectivity index (χ4n) is 3.19. The average molecular weight is 313 g/mol. The van der Waals surface area contributed by atoms with E-state index < -0.39 is 0 Å². The number of nitrogen functional groups attached to an aromatic ring is 1. The molecule has 2 aromatic heterocycles. The monoisotopic (exact) mass is 313 g/mol. The Morgan fingerprint density at radius 1 is 1.27 bits per heavy atom. The fourth-order valence-corrected chi connectivity index (χ4v) is 3.85. The number of fused-ring (bicyclic) bond motifs is 2. The van der Waals surface area contributed by atoms with Crippen LogP contribution in [0.5, 0.6) is 0 Å². The fraction of sp³-hybridized carbons (Fsp3) is 0.375. The van der Waals surface area contributed by atoms with Gasteiger partial charge in [-0.25, -0.2) is 9.97 Å². The summed E-state index contributed by atoms with van der Waals surface area (Å²) in [6, 6.07) is 7.01. The van der Waals surface area contributed by atoms with Gasteiger partial charge >= 0.3 is 0 Å². The molecule has 0 aliphatic carbocycles. The van der Waals surface area contributed by atoms with Gasteiger partial charge in [-0.15, -0.1) is 11.3 Å². The second-order valence-corrected chi connectivity index (χ2v) is 6.70. The van der Waals surface area contributed by atoms with Crippen LogP contribution >= 0.6 is 11.3 Å². The van der Waals surface area contributed by atoms with Gasteiger partial charge in [-0.3, -0.25) is 4.90 Å². The van der Waals surface area contributed by atoms with Crippen molar-refractivity contribution < 1.29 is 0 Å². The zero-order valence-corrected chi connectivity index (χ0v) is 13.4. The van der Waals surface area contributed by atoms with Gasteiger partial charge in [-0.05, 0) is 24.6 Å². The molecule has 0 saturated carbocycles. The lowest BCUT2D eigenvalue weighted by Crippen LogP contribution is -2.30. The van der Waals surface area contributed by atoms with Crippen LogP contribution in [0, 0.1) is 0 Å². The van der Waals surface area contributed by atoms with Crippen LogP contribution in [0.2, 0.25) is 0 Å². The Hall–Kier alpha value is -1.92. The first kappa shape index (κ1) is 13.7. The van der Waals surface area contributed by atoms with Crippen molar-refractivity contribution in [1.29, 1.82) is 0 Å². The van der Waals surface area contributed by atoms with Gasteiger partial charge < -0.3 is 10.3 Å². The molecule has 6 heteroatoms. The molecular formula is C16H19N5S. The lowest BCUT2D eigenvalue weighted by atomic mass is 10.1. The molecule has 0 bridgehead atoms. The molecule has 114 valence electrons. The Bertz CT molecular complexity index is 780. The van der Waals surface area contributed by atoms with E-state index in [2.05, 4.69) is 44.6 Å². The van der Waals surface area contributed by atoms with Crippen LogP contribution in [0.4, 0.5) is 5.82 Å². The first-order valence-corrected chi connectivity index (χ1v) is 8.47. The molecule has 1 atom stereocenters. The minimum Gasteiger partial charge on any atom is -0.382 e. The number of rotatable bonds is 2. The van der Waals surface area contributed by atoms with Gasteiger partial charge in [0.05, 0.1) is 15.7 Å². The summed E-state index contributed by atoms with van der Waals surface area (Å²) in [7, 11) is 0. The summed E-state index contributed by atoms with van der Waals surface area (Å²) in [6.45, 7) is 5.24. The van der Waals surface area contributed by atoms with Crippen molar-refractivity contribution in [3.8, 4) is 0 Å². The highest BCUT2D eigenvalue weighted by Gasteiger charge is 2.21. The molecule has 1 aromatic carbocycles. The summed E-state index contributed by atoms with van der Waals surface area (Å²) in [4.78, 5) is 11.4. The van der Waals surface area contributed by atoms with Gasteiger partial charge in [-0.2, -0.15) is 0 Å². The van der Waals surface area contributed by atoms with Crippen molar-refractivity contribution in [3.05, 3.63) is 41.3 Å². The van der Waals surface area contributed by atoms with Crippen molar-refractivity contribution in [3.63, 3.8) is 0 Å². The molecule has 0 saturated heterocycles. The normalized spacial score (nSPS) is 17.3. The lowest BCUT2D eigenvalue weighted by molar-refractivity contribution is 0.215. The van der Waals surface area contributed by atoms with Crippen molar-refractivity contribution in [1.82, 2.24) is 19.4 Å². The number of aromatic nitrogens is 3. The summed E-state index contributed by atoms with van der Waals surface area (Å²) in [5.74, 6) is 1.73. The largest absolute Gasteiger partial charge is 0.382 e. The first-order valence-electron chi connectivity index (χ1n) is 7.59. The summed E-state index contributed by atoms with van der Waals surface area (Å²) in [5, 5.41) is 0. The highest BCUT2D eigenvalue weighted by molar-refractivity contribution is 7.16. The molecule has 5 nitrogen and oxygen atoms in total. The molecule has 3 aromatic rings. The third kappa shape index (κ3) is 2.38. The van der Waals surface area contributed by atoms with E-state index in [1.807, 2.05) is 11.7 Å². The Balaban J connectivity index is 1.55. The molecule has 0 radical (unpaired) electrons. The second-order valence-electron chi connectivity index (χ2n) is 5.82. The highest BCUT2D eigenvalue weighted by Crippen LogP contribution is 2.27. The number of nitrogens with two attached hydrogens (primary N) is 1. The van der Waals surface area contributed by atoms with Crippen molar-refractivity contribution in [2.24, 2.45) is 0 Å². The van der Waals surface area contributed by atoms with Crippen LogP contribution in [-0.2, 0) is 13.0 Å². The predicted octanol–water partition coefficient (Wildman–Crippen LogP) is 2.69. The zero-order chi connectivity index (χ0) is 15.1. The van der Waals surface area contributed by atoms with Gasteiger partial charge in [0.2, 0.25) is 0 Å². The molecule has 1 aliphatic heterocycles. The highest BCUT2D eigenvalue weighted by atomic mass is 32.1. The van der Waals surface area contributed by atoms with Crippen LogP contribution < -0.4 is 5.73 Å². The second kappa shape index (κ2) is 5.37. The summed E-state index contributed by atoms with van der Waals surface area (Å²) in [6.07, 6.45) is 2.89. The summed E-state index contributed by atoms with van der Waals surface area (Å²) in [5.41, 5.74) is 10.1. The number of hydrogen-bond acceptors (Lipinski definition) is 5. The molecular weight excluding hydrogens is 294 g/mol. The Kier molecular flexibility index (Phi) is 3.35. The molecule has 1 aliphatic rings. The van der Waals surface area contributed by atoms with Crippen LogP contribution in [0.15, 0.2) is 29.9 Å². The molecule has 0 spiro atoms. The van der Waals surface area contributed by atoms with Crippen LogP contribution in [0.25, 0.3) is 10.2 Å². The quantitative estimate of drug-likeness (QED) is 0.790. The summed E-state index contributed by atoms with van der Waals surface area (Å²) < 4.78 is 3.44. The molecule has 1 unspecified atom stereocenters. The van der Waals surface area contributed by atoms with E-state index in [-0.39, 0.29) is 0 Å². The Morgan fingerprint density at radius 3 is 3.09 bits per heavy atom. The maximum atomic E-state index is 5.79. The molecule has 4 rings (SSSR count). The average Bonchev–Trinajstić information content (AvgIpc) is 3.07. The molecule has 0 fully saturated rings. The minimum atomic E-state index is 0.382. The van der Waals surface area contributed by atoms with Crippen LogP contribution in [-0.4, -0.2) is 32.5 Å². The van der Waals surface area contributed by atoms with Crippen LogP contribution in [0.1, 0.15) is 24.4 Å². The van der Waals surface area contributed by atoms with Crippen molar-refractivity contribution in [2.75, 3.05) is 18.8 Å². The third-order valence-electron chi connectivity index (χ3n) is 4.51. The van der Waals surface area contributed by atoms with E-state index in [1.54, 1.807) is 11.3 Å².